The SMILES string of the molecule is CCCn1c(CN)nnc1-c1cc(Br)cc([N+](=O)[O-])c1. The van der Waals surface area contributed by atoms with Gasteiger partial charge in [-0.05, 0) is 12.5 Å². The van der Waals surface area contributed by atoms with Crippen LogP contribution in [0.4, 0.5) is 5.69 Å². The van der Waals surface area contributed by atoms with Crippen LogP contribution in [0.5, 0.6) is 0 Å². The summed E-state index contributed by atoms with van der Waals surface area (Å²) in [6.45, 7) is 3.03. The molecule has 0 spiro atoms. The molecule has 0 fully saturated rings. The number of hydrogen-bond acceptors (Lipinski definition) is 5. The van der Waals surface area contributed by atoms with E-state index in [2.05, 4.69) is 26.1 Å². The first-order chi connectivity index (χ1) is 9.56. The van der Waals surface area contributed by atoms with Crippen LogP contribution in [-0.2, 0) is 13.1 Å². The molecular weight excluding hydrogens is 326 g/mol. The fourth-order valence-corrected chi connectivity index (χ4v) is 2.45. The van der Waals surface area contributed by atoms with Crippen LogP contribution in [0, 0.1) is 10.1 Å². The molecule has 106 valence electrons. The Hall–Kier alpha value is -1.80. The molecule has 0 aliphatic rings. The monoisotopic (exact) mass is 339 g/mol. The van der Waals surface area contributed by atoms with Gasteiger partial charge in [-0.1, -0.05) is 22.9 Å². The lowest BCUT2D eigenvalue weighted by molar-refractivity contribution is -0.384. The average Bonchev–Trinajstić information content (AvgIpc) is 2.81. The first-order valence-corrected chi connectivity index (χ1v) is 6.93. The lowest BCUT2D eigenvalue weighted by Gasteiger charge is -2.08. The maximum absolute atomic E-state index is 10.9. The summed E-state index contributed by atoms with van der Waals surface area (Å²) < 4.78 is 2.52. The van der Waals surface area contributed by atoms with Crippen LogP contribution in [0.15, 0.2) is 22.7 Å². The Kier molecular flexibility index (Phi) is 4.46. The zero-order valence-corrected chi connectivity index (χ0v) is 12.5. The highest BCUT2D eigenvalue weighted by molar-refractivity contribution is 9.10. The first-order valence-electron chi connectivity index (χ1n) is 6.14. The molecule has 20 heavy (non-hydrogen) atoms. The second-order valence-corrected chi connectivity index (χ2v) is 5.17. The minimum atomic E-state index is -0.432. The van der Waals surface area contributed by atoms with Crippen LogP contribution >= 0.6 is 15.9 Å². The standard InChI is InChI=1S/C12H14BrN5O2/c1-2-3-17-11(7-14)15-16-12(17)8-4-9(13)6-10(5-8)18(19)20/h4-6H,2-3,7,14H2,1H3. The normalized spacial score (nSPS) is 10.8. The summed E-state index contributed by atoms with van der Waals surface area (Å²) in [5.74, 6) is 1.26. The van der Waals surface area contributed by atoms with Crippen LogP contribution < -0.4 is 5.73 Å². The Balaban J connectivity index is 2.56. The van der Waals surface area contributed by atoms with Gasteiger partial charge in [-0.2, -0.15) is 0 Å². The predicted molar refractivity (Wildman–Crippen MR) is 78.0 cm³/mol. The molecule has 2 rings (SSSR count). The summed E-state index contributed by atoms with van der Waals surface area (Å²) in [7, 11) is 0. The Morgan fingerprint density at radius 3 is 2.75 bits per heavy atom. The van der Waals surface area contributed by atoms with Crippen molar-refractivity contribution < 1.29 is 4.92 Å². The highest BCUT2D eigenvalue weighted by atomic mass is 79.9. The van der Waals surface area contributed by atoms with Crippen LogP contribution in [0.2, 0.25) is 0 Å². The third-order valence-corrected chi connectivity index (χ3v) is 3.27. The van der Waals surface area contributed by atoms with Gasteiger partial charge in [-0.25, -0.2) is 0 Å². The number of aromatic nitrogens is 3. The summed E-state index contributed by atoms with van der Waals surface area (Å²) in [4.78, 5) is 10.5. The first kappa shape index (κ1) is 14.6. The molecule has 0 saturated heterocycles. The van der Waals surface area contributed by atoms with Crippen molar-refractivity contribution in [3.8, 4) is 11.4 Å². The Morgan fingerprint density at radius 2 is 2.15 bits per heavy atom. The van der Waals surface area contributed by atoms with E-state index >= 15 is 0 Å². The molecule has 2 aromatic rings. The fourth-order valence-electron chi connectivity index (χ4n) is 1.97. The summed E-state index contributed by atoms with van der Waals surface area (Å²) in [6, 6.07) is 4.72. The lowest BCUT2D eigenvalue weighted by atomic mass is 10.2. The van der Waals surface area contributed by atoms with Crippen molar-refractivity contribution in [2.75, 3.05) is 0 Å². The predicted octanol–water partition coefficient (Wildman–Crippen LogP) is 2.48. The molecule has 0 amide bonds. The number of nitro groups is 1. The molecule has 0 radical (unpaired) electrons. The molecule has 1 aromatic carbocycles. The fraction of sp³-hybridized carbons (Fsp3) is 0.333. The summed E-state index contributed by atoms with van der Waals surface area (Å²) in [6.07, 6.45) is 0.897. The van der Waals surface area contributed by atoms with Crippen LogP contribution in [0.3, 0.4) is 0 Å². The molecule has 1 heterocycles. The number of nitrogens with two attached hydrogens (primary N) is 1. The molecule has 0 saturated carbocycles. The van der Waals surface area contributed by atoms with E-state index in [4.69, 9.17) is 5.73 Å². The van der Waals surface area contributed by atoms with Crippen LogP contribution in [0.1, 0.15) is 19.2 Å². The van der Waals surface area contributed by atoms with E-state index in [9.17, 15) is 10.1 Å². The Morgan fingerprint density at radius 1 is 1.40 bits per heavy atom. The summed E-state index contributed by atoms with van der Waals surface area (Å²) >= 11 is 3.28. The van der Waals surface area contributed by atoms with Gasteiger partial charge in [-0.3, -0.25) is 10.1 Å². The molecule has 0 unspecified atom stereocenters. The van der Waals surface area contributed by atoms with Crippen molar-refractivity contribution in [1.82, 2.24) is 14.8 Å². The largest absolute Gasteiger partial charge is 0.324 e. The topological polar surface area (TPSA) is 99.9 Å². The number of nitro benzene ring substituents is 1. The second kappa shape index (κ2) is 6.10. The van der Waals surface area contributed by atoms with E-state index in [1.165, 1.54) is 12.1 Å². The zero-order valence-electron chi connectivity index (χ0n) is 10.9. The number of rotatable bonds is 5. The van der Waals surface area contributed by atoms with Gasteiger partial charge in [0.1, 0.15) is 5.82 Å². The summed E-state index contributed by atoms with van der Waals surface area (Å²) in [5, 5.41) is 19.1. The van der Waals surface area contributed by atoms with Gasteiger partial charge in [0, 0.05) is 28.7 Å². The Bertz CT molecular complexity index is 641. The van der Waals surface area contributed by atoms with Crippen molar-refractivity contribution in [3.05, 3.63) is 38.6 Å². The maximum atomic E-state index is 10.9. The third-order valence-electron chi connectivity index (χ3n) is 2.81. The highest BCUT2D eigenvalue weighted by Gasteiger charge is 2.16. The molecular formula is C12H14BrN5O2. The van der Waals surface area contributed by atoms with Crippen molar-refractivity contribution in [1.29, 1.82) is 0 Å². The molecule has 0 aliphatic carbocycles. The molecule has 8 heteroatoms. The zero-order chi connectivity index (χ0) is 14.7. The maximum Gasteiger partial charge on any atom is 0.271 e. The van der Waals surface area contributed by atoms with Gasteiger partial charge in [-0.15, -0.1) is 10.2 Å². The number of halogens is 1. The van der Waals surface area contributed by atoms with Crippen molar-refractivity contribution in [2.45, 2.75) is 26.4 Å². The molecule has 0 atom stereocenters. The average molecular weight is 340 g/mol. The van der Waals surface area contributed by atoms with Crippen molar-refractivity contribution in [3.63, 3.8) is 0 Å². The number of nitrogens with zero attached hydrogens (tertiary/aromatic N) is 4. The van der Waals surface area contributed by atoms with Gasteiger partial charge in [0.25, 0.3) is 5.69 Å². The molecule has 0 aliphatic heterocycles. The molecule has 1 aromatic heterocycles. The van der Waals surface area contributed by atoms with E-state index < -0.39 is 4.92 Å². The van der Waals surface area contributed by atoms with E-state index in [1.807, 2.05) is 11.5 Å². The van der Waals surface area contributed by atoms with Crippen LogP contribution in [-0.4, -0.2) is 19.7 Å². The van der Waals surface area contributed by atoms with Gasteiger partial charge in [0.15, 0.2) is 5.82 Å². The third kappa shape index (κ3) is 2.86. The van der Waals surface area contributed by atoms with Crippen molar-refractivity contribution >= 4 is 21.6 Å². The smallest absolute Gasteiger partial charge is 0.271 e. The van der Waals surface area contributed by atoms with Gasteiger partial charge >= 0.3 is 0 Å². The van der Waals surface area contributed by atoms with Gasteiger partial charge < -0.3 is 10.3 Å². The second-order valence-electron chi connectivity index (χ2n) is 4.25. The van der Waals surface area contributed by atoms with E-state index in [0.29, 0.717) is 21.7 Å². The Labute approximate surface area is 124 Å². The van der Waals surface area contributed by atoms with Gasteiger partial charge in [0.05, 0.1) is 11.5 Å². The van der Waals surface area contributed by atoms with E-state index in [0.717, 1.165) is 13.0 Å². The highest BCUT2D eigenvalue weighted by Crippen LogP contribution is 2.28. The van der Waals surface area contributed by atoms with Crippen LogP contribution in [0.25, 0.3) is 11.4 Å². The van der Waals surface area contributed by atoms with E-state index in [-0.39, 0.29) is 12.2 Å². The number of benzene rings is 1. The van der Waals surface area contributed by atoms with Gasteiger partial charge in [0.2, 0.25) is 0 Å². The number of non-ortho nitro benzene ring substituents is 1. The van der Waals surface area contributed by atoms with Crippen molar-refractivity contribution in [2.24, 2.45) is 5.73 Å². The summed E-state index contributed by atoms with van der Waals surface area (Å²) in [5.41, 5.74) is 6.29. The number of hydrogen-bond donors (Lipinski definition) is 1. The molecule has 2 N–H and O–H groups in total. The molecule has 0 bridgehead atoms. The van der Waals surface area contributed by atoms with E-state index in [1.54, 1.807) is 6.07 Å². The quantitative estimate of drug-likeness (QED) is 0.666. The minimum Gasteiger partial charge on any atom is -0.324 e. The lowest BCUT2D eigenvalue weighted by Crippen LogP contribution is -2.09. The molecule has 7 nitrogen and oxygen atoms in total. The minimum absolute atomic E-state index is 0.00900.